The van der Waals surface area contributed by atoms with Crippen molar-refractivity contribution in [2.24, 2.45) is 0 Å². The summed E-state index contributed by atoms with van der Waals surface area (Å²) in [6.07, 6.45) is 3.65. The summed E-state index contributed by atoms with van der Waals surface area (Å²) in [5.74, 6) is 0. The largest absolute Gasteiger partial charge is 0.269 e. The van der Waals surface area contributed by atoms with Crippen LogP contribution >= 0.6 is 0 Å². The fraction of sp³-hybridized carbons (Fsp3) is 0.294. The number of hydrogen-bond donors (Lipinski definition) is 0. The van der Waals surface area contributed by atoms with Crippen molar-refractivity contribution >= 4 is 21.4 Å². The summed E-state index contributed by atoms with van der Waals surface area (Å²) in [7, 11) is -3.77. The fourth-order valence-electron chi connectivity index (χ4n) is 3.11. The van der Waals surface area contributed by atoms with Gasteiger partial charge in [0.05, 0.1) is 15.5 Å². The van der Waals surface area contributed by atoms with E-state index in [0.29, 0.717) is 5.69 Å². The first kappa shape index (κ1) is 16.4. The summed E-state index contributed by atoms with van der Waals surface area (Å²) in [5.41, 5.74) is 0.504. The van der Waals surface area contributed by atoms with Crippen LogP contribution in [0.15, 0.2) is 59.5 Å². The molecule has 0 heterocycles. The Morgan fingerprint density at radius 3 is 2.08 bits per heavy atom. The first-order valence-electron chi connectivity index (χ1n) is 7.84. The quantitative estimate of drug-likeness (QED) is 0.610. The van der Waals surface area contributed by atoms with Crippen LogP contribution in [-0.4, -0.2) is 19.4 Å². The van der Waals surface area contributed by atoms with Crippen molar-refractivity contribution in [2.75, 3.05) is 4.31 Å². The van der Waals surface area contributed by atoms with Crippen LogP contribution in [0.1, 0.15) is 25.7 Å². The van der Waals surface area contributed by atoms with E-state index in [2.05, 4.69) is 0 Å². The summed E-state index contributed by atoms with van der Waals surface area (Å²) in [5, 5.41) is 10.8. The Balaban J connectivity index is 2.03. The molecule has 0 aromatic heterocycles. The number of rotatable bonds is 5. The van der Waals surface area contributed by atoms with Crippen molar-refractivity contribution in [1.29, 1.82) is 0 Å². The Hall–Kier alpha value is -2.41. The van der Waals surface area contributed by atoms with Crippen LogP contribution in [-0.2, 0) is 10.0 Å². The Kier molecular flexibility index (Phi) is 4.53. The summed E-state index contributed by atoms with van der Waals surface area (Å²) in [4.78, 5) is 10.3. The molecule has 0 atom stereocenters. The van der Waals surface area contributed by atoms with Crippen molar-refractivity contribution in [1.82, 2.24) is 0 Å². The molecule has 2 aromatic carbocycles. The van der Waals surface area contributed by atoms with Crippen molar-refractivity contribution in [3.05, 3.63) is 64.7 Å². The maximum absolute atomic E-state index is 13.2. The number of para-hydroxylation sites is 1. The lowest BCUT2D eigenvalue weighted by atomic mass is 10.2. The minimum atomic E-state index is -3.77. The topological polar surface area (TPSA) is 80.5 Å². The van der Waals surface area contributed by atoms with E-state index < -0.39 is 14.9 Å². The Bertz CT molecular complexity index is 813. The molecule has 1 saturated carbocycles. The zero-order valence-corrected chi connectivity index (χ0v) is 13.9. The second kappa shape index (κ2) is 6.60. The predicted octanol–water partition coefficient (Wildman–Crippen LogP) is 3.73. The van der Waals surface area contributed by atoms with Crippen LogP contribution in [0.4, 0.5) is 11.4 Å². The van der Waals surface area contributed by atoms with Gasteiger partial charge < -0.3 is 0 Å². The van der Waals surface area contributed by atoms with Crippen molar-refractivity contribution in [3.8, 4) is 0 Å². The average molecular weight is 346 g/mol. The molecule has 0 aliphatic heterocycles. The van der Waals surface area contributed by atoms with Crippen LogP contribution in [0.25, 0.3) is 0 Å². The van der Waals surface area contributed by atoms with Crippen molar-refractivity contribution < 1.29 is 13.3 Å². The summed E-state index contributed by atoms with van der Waals surface area (Å²) < 4.78 is 27.8. The first-order chi connectivity index (χ1) is 11.5. The van der Waals surface area contributed by atoms with Gasteiger partial charge in [0.15, 0.2) is 0 Å². The summed E-state index contributed by atoms with van der Waals surface area (Å²) in [6, 6.07) is 14.0. The molecule has 0 spiro atoms. The van der Waals surface area contributed by atoms with Crippen LogP contribution in [0.5, 0.6) is 0 Å². The van der Waals surface area contributed by atoms with E-state index in [1.165, 1.54) is 28.6 Å². The van der Waals surface area contributed by atoms with Gasteiger partial charge in [0.2, 0.25) is 0 Å². The molecule has 7 heteroatoms. The minimum Gasteiger partial charge on any atom is -0.263 e. The van der Waals surface area contributed by atoms with E-state index >= 15 is 0 Å². The Labute approximate surface area is 140 Å². The van der Waals surface area contributed by atoms with Crippen LogP contribution in [0.2, 0.25) is 0 Å². The minimum absolute atomic E-state index is 0.0730. The third kappa shape index (κ3) is 3.12. The van der Waals surface area contributed by atoms with Gasteiger partial charge in [-0.1, -0.05) is 31.0 Å². The van der Waals surface area contributed by atoms with Gasteiger partial charge in [-0.25, -0.2) is 8.42 Å². The molecule has 126 valence electrons. The molecule has 0 bridgehead atoms. The SMILES string of the molecule is O=[N+]([O-])c1ccc(S(=O)(=O)N(c2ccccc2)C2CCCC2)cc1. The number of nitro benzene ring substituents is 1. The fourth-order valence-corrected chi connectivity index (χ4v) is 4.82. The highest BCUT2D eigenvalue weighted by molar-refractivity contribution is 7.92. The van der Waals surface area contributed by atoms with Crippen LogP contribution in [0, 0.1) is 10.1 Å². The molecular formula is C17H18N2O4S. The number of hydrogen-bond acceptors (Lipinski definition) is 4. The van der Waals surface area contributed by atoms with Gasteiger partial charge >= 0.3 is 0 Å². The molecule has 24 heavy (non-hydrogen) atoms. The lowest BCUT2D eigenvalue weighted by molar-refractivity contribution is -0.384. The van der Waals surface area contributed by atoms with Gasteiger partial charge in [-0.15, -0.1) is 0 Å². The van der Waals surface area contributed by atoms with Crippen molar-refractivity contribution in [2.45, 2.75) is 36.6 Å². The van der Waals surface area contributed by atoms with Gasteiger partial charge in [-0.2, -0.15) is 0 Å². The van der Waals surface area contributed by atoms with Crippen LogP contribution < -0.4 is 4.31 Å². The maximum atomic E-state index is 13.2. The molecule has 3 rings (SSSR count). The third-order valence-corrected chi connectivity index (χ3v) is 6.17. The number of non-ortho nitro benzene ring substituents is 1. The van der Waals surface area contributed by atoms with E-state index in [4.69, 9.17) is 0 Å². The highest BCUT2D eigenvalue weighted by atomic mass is 32.2. The number of sulfonamides is 1. The third-order valence-electron chi connectivity index (χ3n) is 4.27. The van der Waals surface area contributed by atoms with E-state index in [-0.39, 0.29) is 16.6 Å². The molecule has 6 nitrogen and oxygen atoms in total. The Morgan fingerprint density at radius 1 is 0.958 bits per heavy atom. The normalized spacial score (nSPS) is 15.3. The second-order valence-corrected chi connectivity index (χ2v) is 7.64. The molecule has 0 unspecified atom stereocenters. The van der Waals surface area contributed by atoms with Gasteiger partial charge in [0.25, 0.3) is 15.7 Å². The van der Waals surface area contributed by atoms with Crippen molar-refractivity contribution in [3.63, 3.8) is 0 Å². The van der Waals surface area contributed by atoms with E-state index in [1.54, 1.807) is 12.1 Å². The molecule has 1 fully saturated rings. The highest BCUT2D eigenvalue weighted by Gasteiger charge is 2.33. The first-order valence-corrected chi connectivity index (χ1v) is 9.28. The highest BCUT2D eigenvalue weighted by Crippen LogP contribution is 2.33. The second-order valence-electron chi connectivity index (χ2n) is 5.83. The number of anilines is 1. The molecule has 0 amide bonds. The van der Waals surface area contributed by atoms with Gasteiger partial charge in [0, 0.05) is 18.2 Å². The molecular weight excluding hydrogens is 328 g/mol. The zero-order chi connectivity index (χ0) is 17.2. The summed E-state index contributed by atoms with van der Waals surface area (Å²) in [6.45, 7) is 0. The lowest BCUT2D eigenvalue weighted by Gasteiger charge is -2.30. The molecule has 0 saturated heterocycles. The number of benzene rings is 2. The van der Waals surface area contributed by atoms with E-state index in [1.807, 2.05) is 18.2 Å². The molecule has 0 radical (unpaired) electrons. The number of nitrogens with zero attached hydrogens (tertiary/aromatic N) is 2. The molecule has 0 N–H and O–H groups in total. The smallest absolute Gasteiger partial charge is 0.263 e. The molecule has 2 aromatic rings. The predicted molar refractivity (Wildman–Crippen MR) is 91.5 cm³/mol. The van der Waals surface area contributed by atoms with Gasteiger partial charge in [-0.05, 0) is 37.1 Å². The van der Waals surface area contributed by atoms with E-state index in [0.717, 1.165) is 25.7 Å². The van der Waals surface area contributed by atoms with Gasteiger partial charge in [0.1, 0.15) is 0 Å². The summed E-state index contributed by atoms with van der Waals surface area (Å²) >= 11 is 0. The Morgan fingerprint density at radius 2 is 1.54 bits per heavy atom. The van der Waals surface area contributed by atoms with Gasteiger partial charge in [-0.3, -0.25) is 14.4 Å². The molecule has 1 aliphatic rings. The average Bonchev–Trinajstić information content (AvgIpc) is 3.10. The zero-order valence-electron chi connectivity index (χ0n) is 13.0. The maximum Gasteiger partial charge on any atom is 0.269 e. The van der Waals surface area contributed by atoms with E-state index in [9.17, 15) is 18.5 Å². The number of nitro groups is 1. The molecule has 1 aliphatic carbocycles. The van der Waals surface area contributed by atoms with Crippen LogP contribution in [0.3, 0.4) is 0 Å². The lowest BCUT2D eigenvalue weighted by Crippen LogP contribution is -2.38. The standard InChI is InChI=1S/C17H18N2O4S/c20-19(21)16-10-12-17(13-11-16)24(22,23)18(15-8-4-5-9-15)14-6-2-1-3-7-14/h1-3,6-7,10-13,15H,4-5,8-9H2. The monoisotopic (exact) mass is 346 g/mol.